The lowest BCUT2D eigenvalue weighted by Gasteiger charge is -2.22. The van der Waals surface area contributed by atoms with Gasteiger partial charge in [-0.3, -0.25) is 5.32 Å². The molecule has 1 atom stereocenters. The van der Waals surface area contributed by atoms with Gasteiger partial charge in [-0.15, -0.1) is 0 Å². The molecule has 0 bridgehead atoms. The van der Waals surface area contributed by atoms with E-state index >= 15 is 0 Å². The Morgan fingerprint density at radius 2 is 1.86 bits per heavy atom. The van der Waals surface area contributed by atoms with Gasteiger partial charge in [-0.2, -0.15) is 5.26 Å². The molecule has 1 N–H and O–H groups in total. The Balaban J connectivity index is 2.14. The van der Waals surface area contributed by atoms with E-state index < -0.39 is 0 Å². The molecule has 1 aliphatic carbocycles. The van der Waals surface area contributed by atoms with Crippen LogP contribution in [0.15, 0.2) is 18.2 Å². The number of methoxy groups -OCH3 is 2. The van der Waals surface area contributed by atoms with Crippen LogP contribution in [0.2, 0.25) is 0 Å². The van der Waals surface area contributed by atoms with Gasteiger partial charge in [0.15, 0.2) is 0 Å². The van der Waals surface area contributed by atoms with Crippen molar-refractivity contribution in [3.63, 3.8) is 0 Å². The molecule has 1 aromatic rings. The average Bonchev–Trinajstić information content (AvgIpc) is 2.80. The van der Waals surface area contributed by atoms with E-state index in [1.165, 1.54) is 25.7 Å². The minimum atomic E-state index is -0.339. The van der Waals surface area contributed by atoms with Crippen LogP contribution in [0, 0.1) is 11.3 Å². The zero-order chi connectivity index (χ0) is 15.1. The Morgan fingerprint density at radius 3 is 2.43 bits per heavy atom. The van der Waals surface area contributed by atoms with E-state index in [0.29, 0.717) is 11.8 Å². The number of hydrogen-bond acceptors (Lipinski definition) is 4. The number of hydrogen-bond donors (Lipinski definition) is 1. The molecule has 4 heteroatoms. The number of nitrogens with zero attached hydrogens (tertiary/aromatic N) is 1. The number of nitrogens with one attached hydrogen (secondary N) is 1. The van der Waals surface area contributed by atoms with Crippen LogP contribution in [0.4, 0.5) is 0 Å². The Bertz CT molecular complexity index is 488. The third-order valence-corrected chi connectivity index (χ3v) is 4.14. The molecule has 1 aliphatic rings. The topological polar surface area (TPSA) is 54.3 Å². The van der Waals surface area contributed by atoms with Gasteiger partial charge in [0.25, 0.3) is 0 Å². The van der Waals surface area contributed by atoms with Crippen LogP contribution in [0.3, 0.4) is 0 Å². The third-order valence-electron chi connectivity index (χ3n) is 4.14. The van der Waals surface area contributed by atoms with Crippen molar-refractivity contribution in [1.82, 2.24) is 5.32 Å². The van der Waals surface area contributed by atoms with Crippen molar-refractivity contribution in [3.05, 3.63) is 23.8 Å². The van der Waals surface area contributed by atoms with Gasteiger partial charge in [-0.1, -0.05) is 25.7 Å². The molecule has 0 amide bonds. The lowest BCUT2D eigenvalue weighted by molar-refractivity contribution is 0.381. The van der Waals surface area contributed by atoms with Crippen molar-refractivity contribution >= 4 is 0 Å². The third kappa shape index (κ3) is 4.12. The highest BCUT2D eigenvalue weighted by atomic mass is 16.5. The fourth-order valence-electron chi connectivity index (χ4n) is 2.94. The number of benzene rings is 1. The van der Waals surface area contributed by atoms with E-state index in [-0.39, 0.29) is 6.04 Å². The molecule has 2 rings (SSSR count). The Kier molecular flexibility index (Phi) is 5.89. The minimum Gasteiger partial charge on any atom is -0.497 e. The molecular weight excluding hydrogens is 264 g/mol. The second kappa shape index (κ2) is 7.90. The lowest BCUT2D eigenvalue weighted by Crippen LogP contribution is -2.32. The van der Waals surface area contributed by atoms with Gasteiger partial charge in [-0.05, 0) is 25.0 Å². The van der Waals surface area contributed by atoms with E-state index in [1.54, 1.807) is 14.2 Å². The summed E-state index contributed by atoms with van der Waals surface area (Å²) in [6.07, 6.45) is 7.40. The maximum absolute atomic E-state index is 9.53. The number of rotatable bonds is 5. The maximum Gasteiger partial charge on any atom is 0.128 e. The van der Waals surface area contributed by atoms with Gasteiger partial charge in [0.1, 0.15) is 17.5 Å². The van der Waals surface area contributed by atoms with Crippen LogP contribution in [0.1, 0.15) is 50.1 Å². The smallest absolute Gasteiger partial charge is 0.128 e. The normalized spacial score (nSPS) is 17.6. The SMILES string of the molecule is COc1ccc(C(C#N)NC2CCCCCC2)c(OC)c1. The molecule has 0 spiro atoms. The standard InChI is InChI=1S/C17H24N2O2/c1-20-14-9-10-15(17(11-14)21-2)16(12-18)19-13-7-5-3-4-6-8-13/h9-11,13,16,19H,3-8H2,1-2H3. The summed E-state index contributed by atoms with van der Waals surface area (Å²) < 4.78 is 10.6. The fraction of sp³-hybridized carbons (Fsp3) is 0.588. The molecule has 4 nitrogen and oxygen atoms in total. The minimum absolute atomic E-state index is 0.339. The van der Waals surface area contributed by atoms with Crippen LogP contribution in [0.25, 0.3) is 0 Å². The predicted molar refractivity (Wildman–Crippen MR) is 82.5 cm³/mol. The molecule has 0 radical (unpaired) electrons. The summed E-state index contributed by atoms with van der Waals surface area (Å²) in [5.41, 5.74) is 0.880. The van der Waals surface area contributed by atoms with Crippen LogP contribution >= 0.6 is 0 Å². The Hall–Kier alpha value is -1.73. The molecule has 1 aromatic carbocycles. The summed E-state index contributed by atoms with van der Waals surface area (Å²) in [6, 6.07) is 8.06. The van der Waals surface area contributed by atoms with Crippen LogP contribution < -0.4 is 14.8 Å². The molecule has 1 unspecified atom stereocenters. The zero-order valence-corrected chi connectivity index (χ0v) is 12.9. The summed E-state index contributed by atoms with van der Waals surface area (Å²) in [5, 5.41) is 13.0. The van der Waals surface area contributed by atoms with Gasteiger partial charge in [0.2, 0.25) is 0 Å². The first-order chi connectivity index (χ1) is 10.3. The van der Waals surface area contributed by atoms with Crippen molar-refractivity contribution < 1.29 is 9.47 Å². The monoisotopic (exact) mass is 288 g/mol. The Morgan fingerprint density at radius 1 is 1.14 bits per heavy atom. The van der Waals surface area contributed by atoms with E-state index in [4.69, 9.17) is 9.47 Å². The Labute approximate surface area is 127 Å². The highest BCUT2D eigenvalue weighted by Gasteiger charge is 2.21. The quantitative estimate of drug-likeness (QED) is 0.841. The van der Waals surface area contributed by atoms with Crippen molar-refractivity contribution in [1.29, 1.82) is 5.26 Å². The van der Waals surface area contributed by atoms with Crippen molar-refractivity contribution in [2.75, 3.05) is 14.2 Å². The maximum atomic E-state index is 9.53. The summed E-state index contributed by atoms with van der Waals surface area (Å²) in [6.45, 7) is 0. The summed E-state index contributed by atoms with van der Waals surface area (Å²) >= 11 is 0. The molecule has 21 heavy (non-hydrogen) atoms. The van der Waals surface area contributed by atoms with Gasteiger partial charge in [0, 0.05) is 17.7 Å². The first-order valence-electron chi connectivity index (χ1n) is 7.66. The number of nitriles is 1. The second-order valence-corrected chi connectivity index (χ2v) is 5.53. The molecular formula is C17H24N2O2. The molecule has 114 valence electrons. The van der Waals surface area contributed by atoms with Crippen molar-refractivity contribution in [2.45, 2.75) is 50.6 Å². The summed E-state index contributed by atoms with van der Waals surface area (Å²) in [7, 11) is 3.25. The van der Waals surface area contributed by atoms with Crippen molar-refractivity contribution in [2.24, 2.45) is 0 Å². The first-order valence-corrected chi connectivity index (χ1v) is 7.66. The molecule has 1 saturated carbocycles. The molecule has 0 heterocycles. The van der Waals surface area contributed by atoms with Gasteiger partial charge in [-0.25, -0.2) is 0 Å². The highest BCUT2D eigenvalue weighted by molar-refractivity contribution is 5.44. The van der Waals surface area contributed by atoms with E-state index in [0.717, 1.165) is 24.2 Å². The predicted octanol–water partition coefficient (Wildman–Crippen LogP) is 3.58. The molecule has 0 aromatic heterocycles. The molecule has 1 fully saturated rings. The van der Waals surface area contributed by atoms with Gasteiger partial charge in [0.05, 0.1) is 20.3 Å². The van der Waals surface area contributed by atoms with E-state index in [1.807, 2.05) is 18.2 Å². The highest BCUT2D eigenvalue weighted by Crippen LogP contribution is 2.30. The fourth-order valence-corrected chi connectivity index (χ4v) is 2.94. The van der Waals surface area contributed by atoms with Gasteiger partial charge >= 0.3 is 0 Å². The summed E-state index contributed by atoms with van der Waals surface area (Å²) in [4.78, 5) is 0. The zero-order valence-electron chi connectivity index (χ0n) is 12.9. The summed E-state index contributed by atoms with van der Waals surface area (Å²) in [5.74, 6) is 1.43. The molecule has 0 aliphatic heterocycles. The molecule has 0 saturated heterocycles. The van der Waals surface area contributed by atoms with Crippen LogP contribution in [-0.4, -0.2) is 20.3 Å². The van der Waals surface area contributed by atoms with E-state index in [9.17, 15) is 5.26 Å². The van der Waals surface area contributed by atoms with E-state index in [2.05, 4.69) is 11.4 Å². The van der Waals surface area contributed by atoms with Crippen molar-refractivity contribution in [3.8, 4) is 17.6 Å². The first kappa shape index (κ1) is 15.7. The average molecular weight is 288 g/mol. The lowest BCUT2D eigenvalue weighted by atomic mass is 10.0. The number of ether oxygens (including phenoxy) is 2. The van der Waals surface area contributed by atoms with Crippen LogP contribution in [0.5, 0.6) is 11.5 Å². The van der Waals surface area contributed by atoms with Crippen LogP contribution in [-0.2, 0) is 0 Å². The van der Waals surface area contributed by atoms with Gasteiger partial charge < -0.3 is 9.47 Å². The second-order valence-electron chi connectivity index (χ2n) is 5.53. The largest absolute Gasteiger partial charge is 0.497 e.